The van der Waals surface area contributed by atoms with Crippen molar-refractivity contribution in [2.75, 3.05) is 5.32 Å². The molecule has 1 fully saturated rings. The fourth-order valence-corrected chi connectivity index (χ4v) is 3.33. The second kappa shape index (κ2) is 5.53. The number of pyridine rings is 1. The topological polar surface area (TPSA) is 59.3 Å². The Morgan fingerprint density at radius 1 is 1.36 bits per heavy atom. The number of thiophene rings is 1. The van der Waals surface area contributed by atoms with Gasteiger partial charge in [0.25, 0.3) is 0 Å². The van der Waals surface area contributed by atoms with E-state index in [0.717, 1.165) is 34.9 Å². The third-order valence-electron chi connectivity index (χ3n) is 4.04. The van der Waals surface area contributed by atoms with Crippen molar-refractivity contribution in [1.29, 1.82) is 0 Å². The van der Waals surface area contributed by atoms with E-state index in [1.54, 1.807) is 15.9 Å². The lowest BCUT2D eigenvalue weighted by atomic mass is 9.85. The molecule has 0 saturated heterocycles. The van der Waals surface area contributed by atoms with Crippen LogP contribution in [0.15, 0.2) is 35.8 Å². The number of nitrogens with zero attached hydrogens (tertiary/aromatic N) is 3. The molecule has 6 heteroatoms. The Kier molecular flexibility index (Phi) is 3.38. The highest BCUT2D eigenvalue weighted by Gasteiger charge is 2.24. The number of fused-ring (bicyclic) bond motifs is 1. The normalized spacial score (nSPS) is 14.9. The van der Waals surface area contributed by atoms with Crippen LogP contribution in [0.3, 0.4) is 0 Å². The first-order valence-corrected chi connectivity index (χ1v) is 8.35. The minimum absolute atomic E-state index is 0.0243. The van der Waals surface area contributed by atoms with Crippen LogP contribution in [0.1, 0.15) is 35.9 Å². The molecule has 3 heterocycles. The van der Waals surface area contributed by atoms with E-state index in [9.17, 15) is 4.79 Å². The second-order valence-corrected chi connectivity index (χ2v) is 6.62. The number of anilines is 1. The standard InChI is InChI=1S/C16H16N4OS/c21-14(10-12-6-3-9-22-12)17-13-7-2-8-20-16(13)18-15(19-20)11-4-1-5-11/h2-3,6-9,11H,1,4-5,10H2,(H,17,21). The zero-order chi connectivity index (χ0) is 14.9. The monoisotopic (exact) mass is 312 g/mol. The van der Waals surface area contributed by atoms with Crippen molar-refractivity contribution in [1.82, 2.24) is 14.6 Å². The third-order valence-corrected chi connectivity index (χ3v) is 4.91. The molecule has 4 rings (SSSR count). The predicted octanol–water partition coefficient (Wildman–Crippen LogP) is 3.24. The lowest BCUT2D eigenvalue weighted by Gasteiger charge is -2.21. The molecule has 1 saturated carbocycles. The molecule has 1 amide bonds. The van der Waals surface area contributed by atoms with Gasteiger partial charge in [-0.15, -0.1) is 11.3 Å². The van der Waals surface area contributed by atoms with Crippen LogP contribution in [0.25, 0.3) is 5.65 Å². The molecule has 0 atom stereocenters. The Morgan fingerprint density at radius 3 is 3.00 bits per heavy atom. The molecule has 0 bridgehead atoms. The van der Waals surface area contributed by atoms with Crippen LogP contribution in [-0.2, 0) is 11.2 Å². The number of rotatable bonds is 4. The molecule has 3 aromatic heterocycles. The van der Waals surface area contributed by atoms with Crippen LogP contribution in [-0.4, -0.2) is 20.5 Å². The highest BCUT2D eigenvalue weighted by molar-refractivity contribution is 7.10. The molecule has 112 valence electrons. The Morgan fingerprint density at radius 2 is 2.27 bits per heavy atom. The van der Waals surface area contributed by atoms with Gasteiger partial charge < -0.3 is 5.32 Å². The molecule has 0 radical (unpaired) electrons. The lowest BCUT2D eigenvalue weighted by Crippen LogP contribution is -2.14. The van der Waals surface area contributed by atoms with Crippen LogP contribution in [0, 0.1) is 0 Å². The summed E-state index contributed by atoms with van der Waals surface area (Å²) in [7, 11) is 0. The van der Waals surface area contributed by atoms with Gasteiger partial charge in [-0.2, -0.15) is 5.10 Å². The van der Waals surface area contributed by atoms with E-state index in [-0.39, 0.29) is 5.91 Å². The van der Waals surface area contributed by atoms with Gasteiger partial charge in [0.1, 0.15) is 0 Å². The summed E-state index contributed by atoms with van der Waals surface area (Å²) >= 11 is 1.59. The van der Waals surface area contributed by atoms with E-state index in [2.05, 4.69) is 15.4 Å². The summed E-state index contributed by atoms with van der Waals surface area (Å²) in [5.41, 5.74) is 1.45. The van der Waals surface area contributed by atoms with E-state index in [1.807, 2.05) is 35.8 Å². The number of carbonyl (C=O) groups is 1. The fraction of sp³-hybridized carbons (Fsp3) is 0.312. The smallest absolute Gasteiger partial charge is 0.229 e. The molecule has 5 nitrogen and oxygen atoms in total. The van der Waals surface area contributed by atoms with Gasteiger partial charge in [-0.1, -0.05) is 12.5 Å². The minimum atomic E-state index is -0.0243. The highest BCUT2D eigenvalue weighted by atomic mass is 32.1. The quantitative estimate of drug-likeness (QED) is 0.804. The molecule has 1 aliphatic rings. The maximum atomic E-state index is 12.2. The molecule has 0 aliphatic heterocycles. The van der Waals surface area contributed by atoms with Crippen LogP contribution in [0.5, 0.6) is 0 Å². The van der Waals surface area contributed by atoms with Gasteiger partial charge in [0.15, 0.2) is 11.5 Å². The average molecular weight is 312 g/mol. The molecule has 1 aliphatic carbocycles. The maximum absolute atomic E-state index is 12.2. The highest BCUT2D eigenvalue weighted by Crippen LogP contribution is 2.35. The number of hydrogen-bond donors (Lipinski definition) is 1. The van der Waals surface area contributed by atoms with Crippen molar-refractivity contribution in [3.63, 3.8) is 0 Å². The molecule has 3 aromatic rings. The summed E-state index contributed by atoms with van der Waals surface area (Å²) in [5.74, 6) is 1.35. The van der Waals surface area contributed by atoms with Crippen molar-refractivity contribution in [2.24, 2.45) is 0 Å². The number of nitrogens with one attached hydrogen (secondary N) is 1. The zero-order valence-electron chi connectivity index (χ0n) is 12.0. The summed E-state index contributed by atoms with van der Waals surface area (Å²) in [6, 6.07) is 7.68. The summed E-state index contributed by atoms with van der Waals surface area (Å²) in [4.78, 5) is 17.9. The van der Waals surface area contributed by atoms with Gasteiger partial charge in [0, 0.05) is 17.0 Å². The Bertz CT molecular complexity index is 805. The number of hydrogen-bond acceptors (Lipinski definition) is 4. The predicted molar refractivity (Wildman–Crippen MR) is 86.2 cm³/mol. The molecular weight excluding hydrogens is 296 g/mol. The van der Waals surface area contributed by atoms with E-state index >= 15 is 0 Å². The van der Waals surface area contributed by atoms with Crippen molar-refractivity contribution in [3.8, 4) is 0 Å². The first-order valence-electron chi connectivity index (χ1n) is 7.47. The lowest BCUT2D eigenvalue weighted by molar-refractivity contribution is -0.115. The minimum Gasteiger partial charge on any atom is -0.323 e. The first-order chi connectivity index (χ1) is 10.8. The van der Waals surface area contributed by atoms with Crippen molar-refractivity contribution in [3.05, 3.63) is 46.5 Å². The molecular formula is C16H16N4OS. The fourth-order valence-electron chi connectivity index (χ4n) is 2.63. The van der Waals surface area contributed by atoms with Gasteiger partial charge in [-0.05, 0) is 36.4 Å². The van der Waals surface area contributed by atoms with Crippen molar-refractivity contribution >= 4 is 28.6 Å². The Labute approximate surface area is 132 Å². The molecule has 0 aromatic carbocycles. The molecule has 0 unspecified atom stereocenters. The first kappa shape index (κ1) is 13.5. The summed E-state index contributed by atoms with van der Waals surface area (Å²) in [5, 5.41) is 9.47. The molecule has 1 N–H and O–H groups in total. The van der Waals surface area contributed by atoms with Gasteiger partial charge >= 0.3 is 0 Å². The number of amides is 1. The van der Waals surface area contributed by atoms with Crippen LogP contribution in [0.2, 0.25) is 0 Å². The molecule has 22 heavy (non-hydrogen) atoms. The van der Waals surface area contributed by atoms with E-state index in [0.29, 0.717) is 12.3 Å². The Balaban J connectivity index is 1.58. The summed E-state index contributed by atoms with van der Waals surface area (Å²) in [6.07, 6.45) is 5.85. The van der Waals surface area contributed by atoms with Crippen LogP contribution in [0.4, 0.5) is 5.69 Å². The maximum Gasteiger partial charge on any atom is 0.229 e. The van der Waals surface area contributed by atoms with E-state index < -0.39 is 0 Å². The Hall–Kier alpha value is -2.21. The van der Waals surface area contributed by atoms with Crippen molar-refractivity contribution < 1.29 is 4.79 Å². The number of aromatic nitrogens is 3. The van der Waals surface area contributed by atoms with Crippen LogP contribution < -0.4 is 5.32 Å². The average Bonchev–Trinajstić information content (AvgIpc) is 3.06. The van der Waals surface area contributed by atoms with Crippen LogP contribution >= 0.6 is 11.3 Å². The third kappa shape index (κ3) is 2.50. The van der Waals surface area contributed by atoms with Gasteiger partial charge in [0.2, 0.25) is 5.91 Å². The number of carbonyl (C=O) groups excluding carboxylic acids is 1. The SMILES string of the molecule is O=C(Cc1cccs1)Nc1cccn2nc(C3CCC3)nc12. The van der Waals surface area contributed by atoms with Gasteiger partial charge in [-0.25, -0.2) is 9.50 Å². The van der Waals surface area contributed by atoms with E-state index in [1.165, 1.54) is 6.42 Å². The second-order valence-electron chi connectivity index (χ2n) is 5.59. The summed E-state index contributed by atoms with van der Waals surface area (Å²) in [6.45, 7) is 0. The van der Waals surface area contributed by atoms with Crippen molar-refractivity contribution in [2.45, 2.75) is 31.6 Å². The largest absolute Gasteiger partial charge is 0.323 e. The van der Waals surface area contributed by atoms with Gasteiger partial charge in [0.05, 0.1) is 12.1 Å². The zero-order valence-corrected chi connectivity index (χ0v) is 12.8. The van der Waals surface area contributed by atoms with E-state index in [4.69, 9.17) is 0 Å². The molecule has 0 spiro atoms. The van der Waals surface area contributed by atoms with Gasteiger partial charge in [-0.3, -0.25) is 4.79 Å². The summed E-state index contributed by atoms with van der Waals surface area (Å²) < 4.78 is 1.76.